The van der Waals surface area contributed by atoms with Crippen molar-refractivity contribution in [2.45, 2.75) is 13.0 Å². The first-order chi connectivity index (χ1) is 11.0. The van der Waals surface area contributed by atoms with Crippen molar-refractivity contribution < 1.29 is 19.7 Å². The molecule has 0 spiro atoms. The predicted molar refractivity (Wildman–Crippen MR) is 87.1 cm³/mol. The van der Waals surface area contributed by atoms with Gasteiger partial charge in [-0.25, -0.2) is 9.78 Å². The van der Waals surface area contributed by atoms with Crippen molar-refractivity contribution in [3.05, 3.63) is 52.7 Å². The Morgan fingerprint density at radius 3 is 2.91 bits per heavy atom. The molecule has 0 aliphatic rings. The molecule has 0 unspecified atom stereocenters. The van der Waals surface area contributed by atoms with Crippen molar-refractivity contribution in [2.24, 2.45) is 0 Å². The maximum atomic E-state index is 12.1. The van der Waals surface area contributed by atoms with Crippen LogP contribution in [-0.4, -0.2) is 40.5 Å². The Kier molecular flexibility index (Phi) is 5.92. The zero-order valence-electron chi connectivity index (χ0n) is 12.5. The van der Waals surface area contributed by atoms with E-state index in [0.717, 1.165) is 11.3 Å². The van der Waals surface area contributed by atoms with Crippen LogP contribution in [0.2, 0.25) is 5.02 Å². The van der Waals surface area contributed by atoms with E-state index >= 15 is 0 Å². The van der Waals surface area contributed by atoms with Crippen LogP contribution in [-0.2, 0) is 4.74 Å². The van der Waals surface area contributed by atoms with E-state index in [1.165, 1.54) is 0 Å². The van der Waals surface area contributed by atoms with Gasteiger partial charge >= 0.3 is 5.97 Å². The standard InChI is InChI=1S/C16H17ClN2O4/c1-10-13(17)5-2-6-14(10)19-15-12(4-3-7-18-15)16(22)23-9-11(21)8-20/h2-7,11,20-21H,8-9H2,1H3,(H,18,19)/t11-/m1/s1. The summed E-state index contributed by atoms with van der Waals surface area (Å²) in [6.07, 6.45) is 0.434. The maximum Gasteiger partial charge on any atom is 0.342 e. The average Bonchev–Trinajstić information content (AvgIpc) is 2.57. The summed E-state index contributed by atoms with van der Waals surface area (Å²) in [5.41, 5.74) is 1.77. The van der Waals surface area contributed by atoms with Crippen molar-refractivity contribution in [1.29, 1.82) is 0 Å². The summed E-state index contributed by atoms with van der Waals surface area (Å²) in [6.45, 7) is 1.08. The smallest absolute Gasteiger partial charge is 0.342 e. The van der Waals surface area contributed by atoms with Gasteiger partial charge in [0.1, 0.15) is 24.1 Å². The van der Waals surface area contributed by atoms with Gasteiger partial charge in [0.15, 0.2) is 0 Å². The number of carbonyl (C=O) groups excluding carboxylic acids is 1. The van der Waals surface area contributed by atoms with E-state index in [0.29, 0.717) is 10.8 Å². The van der Waals surface area contributed by atoms with Crippen LogP contribution in [0.3, 0.4) is 0 Å². The van der Waals surface area contributed by atoms with E-state index in [4.69, 9.17) is 21.4 Å². The molecule has 1 aromatic heterocycles. The third-order valence-electron chi connectivity index (χ3n) is 3.17. The van der Waals surface area contributed by atoms with Crippen LogP contribution in [0, 0.1) is 6.92 Å². The van der Waals surface area contributed by atoms with Crippen LogP contribution in [0.15, 0.2) is 36.5 Å². The van der Waals surface area contributed by atoms with Gasteiger partial charge in [0, 0.05) is 16.9 Å². The molecule has 23 heavy (non-hydrogen) atoms. The second-order valence-electron chi connectivity index (χ2n) is 4.87. The number of halogens is 1. The molecule has 1 atom stereocenters. The van der Waals surface area contributed by atoms with Crippen LogP contribution in [0.1, 0.15) is 15.9 Å². The van der Waals surface area contributed by atoms with Gasteiger partial charge in [-0.2, -0.15) is 0 Å². The van der Waals surface area contributed by atoms with Gasteiger partial charge in [0.25, 0.3) is 0 Å². The number of benzene rings is 1. The molecule has 3 N–H and O–H groups in total. The van der Waals surface area contributed by atoms with Gasteiger partial charge in [-0.1, -0.05) is 17.7 Å². The monoisotopic (exact) mass is 336 g/mol. The van der Waals surface area contributed by atoms with Gasteiger partial charge in [0.2, 0.25) is 0 Å². The number of pyridine rings is 1. The second kappa shape index (κ2) is 7.92. The van der Waals surface area contributed by atoms with E-state index in [-0.39, 0.29) is 12.2 Å². The Labute approximate surface area is 138 Å². The molecule has 0 aliphatic heterocycles. The molecular formula is C16H17ClN2O4. The zero-order chi connectivity index (χ0) is 16.8. The highest BCUT2D eigenvalue weighted by Crippen LogP contribution is 2.26. The fourth-order valence-corrected chi connectivity index (χ4v) is 2.02. The summed E-state index contributed by atoms with van der Waals surface area (Å²) in [5, 5.41) is 21.7. The van der Waals surface area contributed by atoms with Crippen LogP contribution in [0.4, 0.5) is 11.5 Å². The summed E-state index contributed by atoms with van der Waals surface area (Å²) in [7, 11) is 0. The summed E-state index contributed by atoms with van der Waals surface area (Å²) in [5.74, 6) is -0.325. The van der Waals surface area contributed by atoms with Crippen LogP contribution in [0.25, 0.3) is 0 Å². The minimum Gasteiger partial charge on any atom is -0.459 e. The van der Waals surface area contributed by atoms with Gasteiger partial charge in [-0.15, -0.1) is 0 Å². The Hall–Kier alpha value is -2.15. The number of rotatable bonds is 6. The summed E-state index contributed by atoms with van der Waals surface area (Å²) in [6, 6.07) is 8.54. The highest BCUT2D eigenvalue weighted by atomic mass is 35.5. The fraction of sp³-hybridized carbons (Fsp3) is 0.250. The fourth-order valence-electron chi connectivity index (χ4n) is 1.84. The summed E-state index contributed by atoms with van der Waals surface area (Å²) < 4.78 is 4.96. The number of hydrogen-bond donors (Lipinski definition) is 3. The number of anilines is 2. The first kappa shape index (κ1) is 17.2. The number of esters is 1. The van der Waals surface area contributed by atoms with Crippen LogP contribution >= 0.6 is 11.6 Å². The molecule has 0 aliphatic carbocycles. The molecule has 0 bridgehead atoms. The molecule has 0 fully saturated rings. The zero-order valence-corrected chi connectivity index (χ0v) is 13.2. The van der Waals surface area contributed by atoms with Gasteiger partial charge in [-0.3, -0.25) is 0 Å². The minimum absolute atomic E-state index is 0.219. The molecule has 122 valence electrons. The Morgan fingerprint density at radius 1 is 1.39 bits per heavy atom. The van der Waals surface area contributed by atoms with Crippen LogP contribution < -0.4 is 5.32 Å². The number of nitrogens with one attached hydrogen (secondary N) is 1. The number of nitrogens with zero attached hydrogens (tertiary/aromatic N) is 1. The molecule has 7 heteroatoms. The number of carbonyl (C=O) groups is 1. The van der Waals surface area contributed by atoms with E-state index in [1.54, 1.807) is 30.5 Å². The van der Waals surface area contributed by atoms with Gasteiger partial charge in [-0.05, 0) is 36.8 Å². The molecule has 6 nitrogen and oxygen atoms in total. The molecule has 1 heterocycles. The highest BCUT2D eigenvalue weighted by Gasteiger charge is 2.16. The Bertz CT molecular complexity index is 694. The summed E-state index contributed by atoms with van der Waals surface area (Å²) in [4.78, 5) is 16.3. The molecule has 2 aromatic rings. The lowest BCUT2D eigenvalue weighted by molar-refractivity contribution is 0.00938. The SMILES string of the molecule is Cc1c(Cl)cccc1Nc1ncccc1C(=O)OC[C@H](O)CO. The first-order valence-electron chi connectivity index (χ1n) is 6.96. The Balaban J connectivity index is 2.20. The lowest BCUT2D eigenvalue weighted by Gasteiger charge is -2.14. The van der Waals surface area contributed by atoms with E-state index < -0.39 is 18.7 Å². The molecule has 0 saturated carbocycles. The van der Waals surface area contributed by atoms with Crippen molar-refractivity contribution >= 4 is 29.1 Å². The number of aliphatic hydroxyl groups is 2. The van der Waals surface area contributed by atoms with E-state index in [2.05, 4.69) is 10.3 Å². The number of aromatic nitrogens is 1. The van der Waals surface area contributed by atoms with Gasteiger partial charge in [0.05, 0.1) is 6.61 Å². The molecular weight excluding hydrogens is 320 g/mol. The lowest BCUT2D eigenvalue weighted by atomic mass is 10.2. The lowest BCUT2D eigenvalue weighted by Crippen LogP contribution is -2.22. The van der Waals surface area contributed by atoms with Crippen molar-refractivity contribution in [1.82, 2.24) is 4.98 Å². The summed E-state index contributed by atoms with van der Waals surface area (Å²) >= 11 is 6.08. The largest absolute Gasteiger partial charge is 0.459 e. The normalized spacial score (nSPS) is 11.8. The minimum atomic E-state index is -1.11. The topological polar surface area (TPSA) is 91.7 Å². The van der Waals surface area contributed by atoms with Crippen molar-refractivity contribution in [3.63, 3.8) is 0 Å². The van der Waals surface area contributed by atoms with Crippen molar-refractivity contribution in [3.8, 4) is 0 Å². The highest BCUT2D eigenvalue weighted by molar-refractivity contribution is 6.31. The molecule has 0 amide bonds. The molecule has 0 radical (unpaired) electrons. The van der Waals surface area contributed by atoms with Crippen molar-refractivity contribution in [2.75, 3.05) is 18.5 Å². The van der Waals surface area contributed by atoms with Crippen LogP contribution in [0.5, 0.6) is 0 Å². The average molecular weight is 337 g/mol. The maximum absolute atomic E-state index is 12.1. The molecule has 2 rings (SSSR count). The quantitative estimate of drug-likeness (QED) is 0.701. The third kappa shape index (κ3) is 4.41. The second-order valence-corrected chi connectivity index (χ2v) is 5.28. The number of aliphatic hydroxyl groups excluding tert-OH is 2. The predicted octanol–water partition coefficient (Wildman–Crippen LogP) is 2.30. The molecule has 1 aromatic carbocycles. The third-order valence-corrected chi connectivity index (χ3v) is 3.58. The first-order valence-corrected chi connectivity index (χ1v) is 7.34. The molecule has 0 saturated heterocycles. The van der Waals surface area contributed by atoms with Gasteiger partial charge < -0.3 is 20.3 Å². The number of ether oxygens (including phenoxy) is 1. The Morgan fingerprint density at radius 2 is 2.17 bits per heavy atom. The number of hydrogen-bond acceptors (Lipinski definition) is 6. The van der Waals surface area contributed by atoms with E-state index in [1.807, 2.05) is 13.0 Å². The van der Waals surface area contributed by atoms with E-state index in [9.17, 15) is 9.90 Å².